The summed E-state index contributed by atoms with van der Waals surface area (Å²) in [6.45, 7) is 0. The van der Waals surface area contributed by atoms with E-state index in [0.29, 0.717) is 50.2 Å². The maximum Gasteiger partial charge on any atom is 0.348 e. The van der Waals surface area contributed by atoms with Gasteiger partial charge in [-0.3, -0.25) is 0 Å². The lowest BCUT2D eigenvalue weighted by Gasteiger charge is -2.06. The molecule has 6 nitrogen and oxygen atoms in total. The number of ether oxygens (including phenoxy) is 3. The second-order valence-corrected chi connectivity index (χ2v) is 5.24. The molecule has 4 rings (SSSR count). The van der Waals surface area contributed by atoms with Crippen molar-refractivity contribution in [3.63, 3.8) is 0 Å². The molecule has 6 heteroatoms. The zero-order chi connectivity index (χ0) is 16.8. The molecule has 0 spiro atoms. The molecule has 2 aromatic heterocycles. The topological polar surface area (TPSA) is 71.0 Å². The zero-order valence-corrected chi connectivity index (χ0v) is 13.3. The number of fused-ring (bicyclic) bond motifs is 5. The summed E-state index contributed by atoms with van der Waals surface area (Å²) in [5, 5.41) is 1.64. The monoisotopic (exact) mass is 326 g/mol. The molecule has 0 fully saturated rings. The number of rotatable bonds is 3. The van der Waals surface area contributed by atoms with E-state index in [-0.39, 0.29) is 0 Å². The zero-order valence-electron chi connectivity index (χ0n) is 13.3. The second-order valence-electron chi connectivity index (χ2n) is 5.24. The van der Waals surface area contributed by atoms with E-state index in [1.807, 2.05) is 12.1 Å². The van der Waals surface area contributed by atoms with Crippen LogP contribution in [0.1, 0.15) is 0 Å². The van der Waals surface area contributed by atoms with Gasteiger partial charge in [0.1, 0.15) is 11.0 Å². The van der Waals surface area contributed by atoms with Crippen LogP contribution in [0, 0.1) is 0 Å². The standard InChI is InChI=1S/C18H14O6/c1-20-11-6-4-5-9-16(11)24-18(19)15-10-7-13(21-2)14(22-3)8-12(10)23-17(9)15/h4-8H,1-3H3. The molecular formula is C18H14O6. The van der Waals surface area contributed by atoms with Crippen LogP contribution in [0.15, 0.2) is 44.0 Å². The lowest BCUT2D eigenvalue weighted by molar-refractivity contribution is 0.355. The van der Waals surface area contributed by atoms with Gasteiger partial charge >= 0.3 is 5.63 Å². The van der Waals surface area contributed by atoms with Gasteiger partial charge < -0.3 is 23.0 Å². The van der Waals surface area contributed by atoms with Crippen LogP contribution < -0.4 is 19.8 Å². The smallest absolute Gasteiger partial charge is 0.348 e. The molecule has 0 radical (unpaired) electrons. The maximum absolute atomic E-state index is 12.5. The Labute approximate surface area is 136 Å². The van der Waals surface area contributed by atoms with Crippen molar-refractivity contribution < 1.29 is 23.0 Å². The summed E-state index contributed by atoms with van der Waals surface area (Å²) in [5.74, 6) is 1.51. The third-order valence-corrected chi connectivity index (χ3v) is 4.04. The Morgan fingerprint density at radius 2 is 1.50 bits per heavy atom. The SMILES string of the molecule is COc1cc2oc3c4cccc(OC)c4oc(=O)c3c2cc1OC. The quantitative estimate of drug-likeness (QED) is 0.534. The molecule has 0 bridgehead atoms. The number of methoxy groups -OCH3 is 3. The van der Waals surface area contributed by atoms with Gasteiger partial charge in [-0.15, -0.1) is 0 Å². The van der Waals surface area contributed by atoms with Gasteiger partial charge in [0.2, 0.25) is 0 Å². The van der Waals surface area contributed by atoms with Crippen LogP contribution in [0.25, 0.3) is 32.9 Å². The van der Waals surface area contributed by atoms with Gasteiger partial charge in [-0.05, 0) is 18.2 Å². The summed E-state index contributed by atoms with van der Waals surface area (Å²) in [5.41, 5.74) is 0.833. The van der Waals surface area contributed by atoms with E-state index in [1.54, 1.807) is 25.3 Å². The van der Waals surface area contributed by atoms with Crippen molar-refractivity contribution in [2.75, 3.05) is 21.3 Å². The summed E-state index contributed by atoms with van der Waals surface area (Å²) in [6, 6.07) is 8.77. The van der Waals surface area contributed by atoms with E-state index in [9.17, 15) is 4.79 Å². The predicted molar refractivity (Wildman–Crippen MR) is 89.4 cm³/mol. The average molecular weight is 326 g/mol. The minimum Gasteiger partial charge on any atom is -0.493 e. The first kappa shape index (κ1) is 14.4. The third-order valence-electron chi connectivity index (χ3n) is 4.04. The predicted octanol–water partition coefficient (Wildman–Crippen LogP) is 3.72. The number of para-hydroxylation sites is 1. The first-order valence-corrected chi connectivity index (χ1v) is 7.26. The Kier molecular flexibility index (Phi) is 3.13. The van der Waals surface area contributed by atoms with Gasteiger partial charge in [-0.2, -0.15) is 0 Å². The Bertz CT molecular complexity index is 1140. The first-order valence-electron chi connectivity index (χ1n) is 7.26. The van der Waals surface area contributed by atoms with E-state index < -0.39 is 5.63 Å². The van der Waals surface area contributed by atoms with Crippen LogP contribution in [0.4, 0.5) is 0 Å². The van der Waals surface area contributed by atoms with Gasteiger partial charge in [0, 0.05) is 11.5 Å². The minimum atomic E-state index is -0.493. The van der Waals surface area contributed by atoms with Gasteiger partial charge in [0.25, 0.3) is 0 Å². The maximum atomic E-state index is 12.5. The Morgan fingerprint density at radius 1 is 0.792 bits per heavy atom. The fourth-order valence-electron chi connectivity index (χ4n) is 2.92. The molecular weight excluding hydrogens is 312 g/mol. The van der Waals surface area contributed by atoms with Gasteiger partial charge in [0.15, 0.2) is 28.4 Å². The highest BCUT2D eigenvalue weighted by atomic mass is 16.5. The number of hydrogen-bond acceptors (Lipinski definition) is 6. The van der Waals surface area contributed by atoms with E-state index in [1.165, 1.54) is 14.2 Å². The van der Waals surface area contributed by atoms with E-state index in [2.05, 4.69) is 0 Å². The lowest BCUT2D eigenvalue weighted by atomic mass is 10.1. The van der Waals surface area contributed by atoms with Crippen molar-refractivity contribution in [3.05, 3.63) is 40.8 Å². The molecule has 0 amide bonds. The highest BCUT2D eigenvalue weighted by Crippen LogP contribution is 2.39. The largest absolute Gasteiger partial charge is 0.493 e. The summed E-state index contributed by atoms with van der Waals surface area (Å²) in [6.07, 6.45) is 0. The molecule has 2 aromatic carbocycles. The van der Waals surface area contributed by atoms with Crippen molar-refractivity contribution in [2.45, 2.75) is 0 Å². The van der Waals surface area contributed by atoms with Gasteiger partial charge in [-0.25, -0.2) is 4.79 Å². The summed E-state index contributed by atoms with van der Waals surface area (Å²) in [7, 11) is 4.60. The fourth-order valence-corrected chi connectivity index (χ4v) is 2.92. The number of hydrogen-bond donors (Lipinski definition) is 0. The number of furan rings is 1. The molecule has 0 N–H and O–H groups in total. The van der Waals surface area contributed by atoms with Crippen molar-refractivity contribution in [3.8, 4) is 17.2 Å². The molecule has 24 heavy (non-hydrogen) atoms. The van der Waals surface area contributed by atoms with E-state index in [0.717, 1.165) is 0 Å². The van der Waals surface area contributed by atoms with Crippen molar-refractivity contribution in [1.82, 2.24) is 0 Å². The molecule has 0 saturated carbocycles. The van der Waals surface area contributed by atoms with E-state index >= 15 is 0 Å². The van der Waals surface area contributed by atoms with E-state index in [4.69, 9.17) is 23.0 Å². The summed E-state index contributed by atoms with van der Waals surface area (Å²) < 4.78 is 27.3. The highest BCUT2D eigenvalue weighted by Gasteiger charge is 2.20. The first-order chi connectivity index (χ1) is 11.7. The molecule has 0 atom stereocenters. The van der Waals surface area contributed by atoms with Crippen molar-refractivity contribution in [2.24, 2.45) is 0 Å². The van der Waals surface area contributed by atoms with Crippen LogP contribution in [0.5, 0.6) is 17.2 Å². The molecule has 0 unspecified atom stereocenters. The van der Waals surface area contributed by atoms with Crippen LogP contribution in [-0.2, 0) is 0 Å². The molecule has 4 aromatic rings. The summed E-state index contributed by atoms with van der Waals surface area (Å²) >= 11 is 0. The average Bonchev–Trinajstić information content (AvgIpc) is 2.99. The molecule has 0 aliphatic carbocycles. The van der Waals surface area contributed by atoms with Crippen LogP contribution >= 0.6 is 0 Å². The van der Waals surface area contributed by atoms with Crippen molar-refractivity contribution >= 4 is 32.9 Å². The van der Waals surface area contributed by atoms with Gasteiger partial charge in [-0.1, -0.05) is 6.07 Å². The molecule has 0 aliphatic rings. The highest BCUT2D eigenvalue weighted by molar-refractivity contribution is 6.14. The summed E-state index contributed by atoms with van der Waals surface area (Å²) in [4.78, 5) is 12.5. The molecule has 2 heterocycles. The van der Waals surface area contributed by atoms with Crippen LogP contribution in [-0.4, -0.2) is 21.3 Å². The van der Waals surface area contributed by atoms with Gasteiger partial charge in [0.05, 0.1) is 26.7 Å². The molecule has 0 aliphatic heterocycles. The van der Waals surface area contributed by atoms with Crippen LogP contribution in [0.2, 0.25) is 0 Å². The molecule has 0 saturated heterocycles. The number of benzene rings is 2. The lowest BCUT2D eigenvalue weighted by Crippen LogP contribution is -1.99. The third kappa shape index (κ3) is 1.86. The Morgan fingerprint density at radius 3 is 2.21 bits per heavy atom. The Hall–Kier alpha value is -3.15. The van der Waals surface area contributed by atoms with Crippen molar-refractivity contribution in [1.29, 1.82) is 0 Å². The second kappa shape index (κ2) is 5.19. The minimum absolute atomic E-state index is 0.357. The fraction of sp³-hybridized carbons (Fsp3) is 0.167. The van der Waals surface area contributed by atoms with Crippen LogP contribution in [0.3, 0.4) is 0 Å². The normalized spacial score (nSPS) is 11.3. The molecule has 122 valence electrons. The Balaban J connectivity index is 2.22.